The number of nitrogens with zero attached hydrogens (tertiary/aromatic N) is 1. The maximum atomic E-state index is 11.5. The van der Waals surface area contributed by atoms with Crippen molar-refractivity contribution in [1.29, 1.82) is 0 Å². The van der Waals surface area contributed by atoms with E-state index in [1.807, 2.05) is 0 Å². The van der Waals surface area contributed by atoms with Gasteiger partial charge in [0.05, 0.1) is 6.10 Å². The van der Waals surface area contributed by atoms with E-state index >= 15 is 0 Å². The highest BCUT2D eigenvalue weighted by atomic mass is 16.5. The molecule has 0 spiro atoms. The molecule has 1 aliphatic carbocycles. The van der Waals surface area contributed by atoms with Crippen molar-refractivity contribution in [2.24, 2.45) is 5.92 Å². The van der Waals surface area contributed by atoms with Gasteiger partial charge in [-0.05, 0) is 25.7 Å². The van der Waals surface area contributed by atoms with Gasteiger partial charge >= 0.3 is 0 Å². The predicted octanol–water partition coefficient (Wildman–Crippen LogP) is 0.540. The molecule has 0 aromatic carbocycles. The van der Waals surface area contributed by atoms with Gasteiger partial charge in [0, 0.05) is 39.1 Å². The lowest BCUT2D eigenvalue weighted by atomic mass is 10.2. The van der Waals surface area contributed by atoms with Crippen molar-refractivity contribution < 1.29 is 14.3 Å². The van der Waals surface area contributed by atoms with E-state index in [0.29, 0.717) is 19.6 Å². The van der Waals surface area contributed by atoms with Crippen LogP contribution in [0.5, 0.6) is 0 Å². The molecule has 0 radical (unpaired) electrons. The minimum absolute atomic E-state index is 0.0474. The Kier molecular flexibility index (Phi) is 4.58. The monoisotopic (exact) mass is 254 g/mol. The first-order valence-electron chi connectivity index (χ1n) is 6.81. The zero-order valence-electron chi connectivity index (χ0n) is 11.0. The maximum absolute atomic E-state index is 11.5. The molecule has 0 bridgehead atoms. The van der Waals surface area contributed by atoms with Gasteiger partial charge in [0.25, 0.3) is 0 Å². The molecule has 1 unspecified atom stereocenters. The van der Waals surface area contributed by atoms with Gasteiger partial charge in [-0.2, -0.15) is 0 Å². The summed E-state index contributed by atoms with van der Waals surface area (Å²) in [6, 6.07) is 0. The number of rotatable bonds is 6. The second kappa shape index (κ2) is 6.18. The molecular weight excluding hydrogens is 232 g/mol. The van der Waals surface area contributed by atoms with Crippen molar-refractivity contribution in [3.8, 4) is 0 Å². The zero-order chi connectivity index (χ0) is 13.0. The summed E-state index contributed by atoms with van der Waals surface area (Å²) in [5.74, 6) is 0.413. The van der Waals surface area contributed by atoms with Crippen LogP contribution >= 0.6 is 0 Å². The van der Waals surface area contributed by atoms with E-state index in [2.05, 4.69) is 5.32 Å². The molecule has 2 rings (SSSR count). The maximum Gasteiger partial charge on any atom is 0.223 e. The predicted molar refractivity (Wildman–Crippen MR) is 67.0 cm³/mol. The fourth-order valence-corrected chi connectivity index (χ4v) is 2.22. The van der Waals surface area contributed by atoms with Crippen LogP contribution in [0.15, 0.2) is 0 Å². The SMILES string of the molecule is CC(=O)N(CCNC(=O)C1CC1)CC1CCCO1. The Morgan fingerprint density at radius 2 is 2.11 bits per heavy atom. The van der Waals surface area contributed by atoms with Crippen LogP contribution in [0.3, 0.4) is 0 Å². The summed E-state index contributed by atoms with van der Waals surface area (Å²) >= 11 is 0. The number of amides is 2. The van der Waals surface area contributed by atoms with E-state index in [1.165, 1.54) is 0 Å². The summed E-state index contributed by atoms with van der Waals surface area (Å²) in [4.78, 5) is 24.7. The van der Waals surface area contributed by atoms with Gasteiger partial charge in [0.1, 0.15) is 0 Å². The van der Waals surface area contributed by atoms with Crippen molar-refractivity contribution in [2.45, 2.75) is 38.7 Å². The van der Waals surface area contributed by atoms with Gasteiger partial charge in [-0.3, -0.25) is 9.59 Å². The zero-order valence-corrected chi connectivity index (χ0v) is 11.0. The Balaban J connectivity index is 1.68. The topological polar surface area (TPSA) is 58.6 Å². The highest BCUT2D eigenvalue weighted by Crippen LogP contribution is 2.28. The molecule has 1 heterocycles. The molecular formula is C13H22N2O3. The molecule has 1 N–H and O–H groups in total. The van der Waals surface area contributed by atoms with Crippen LogP contribution in [-0.2, 0) is 14.3 Å². The van der Waals surface area contributed by atoms with Gasteiger partial charge in [0.2, 0.25) is 11.8 Å². The Bertz CT molecular complexity index is 309. The molecule has 102 valence electrons. The lowest BCUT2D eigenvalue weighted by Crippen LogP contribution is -2.41. The van der Waals surface area contributed by atoms with E-state index < -0.39 is 0 Å². The van der Waals surface area contributed by atoms with Crippen LogP contribution < -0.4 is 5.32 Å². The molecule has 5 nitrogen and oxygen atoms in total. The van der Waals surface area contributed by atoms with E-state index in [9.17, 15) is 9.59 Å². The average Bonchev–Trinajstić information content (AvgIpc) is 3.06. The lowest BCUT2D eigenvalue weighted by Gasteiger charge is -2.24. The van der Waals surface area contributed by atoms with E-state index in [-0.39, 0.29) is 23.8 Å². The van der Waals surface area contributed by atoms with Crippen LogP contribution in [-0.4, -0.2) is 49.1 Å². The van der Waals surface area contributed by atoms with Crippen LogP contribution in [0.1, 0.15) is 32.6 Å². The highest BCUT2D eigenvalue weighted by Gasteiger charge is 2.29. The third kappa shape index (κ3) is 3.98. The van der Waals surface area contributed by atoms with Gasteiger partial charge < -0.3 is 15.0 Å². The van der Waals surface area contributed by atoms with E-state index in [1.54, 1.807) is 11.8 Å². The molecule has 1 atom stereocenters. The second-order valence-electron chi connectivity index (χ2n) is 5.17. The molecule has 18 heavy (non-hydrogen) atoms. The summed E-state index contributed by atoms with van der Waals surface area (Å²) in [6.45, 7) is 4.14. The molecule has 1 saturated heterocycles. The highest BCUT2D eigenvalue weighted by molar-refractivity contribution is 5.80. The van der Waals surface area contributed by atoms with Crippen molar-refractivity contribution in [3.05, 3.63) is 0 Å². The molecule has 0 aromatic rings. The van der Waals surface area contributed by atoms with Crippen LogP contribution in [0.4, 0.5) is 0 Å². The number of nitrogens with one attached hydrogen (secondary N) is 1. The molecule has 1 aliphatic heterocycles. The van der Waals surface area contributed by atoms with Crippen LogP contribution in [0, 0.1) is 5.92 Å². The summed E-state index contributed by atoms with van der Waals surface area (Å²) < 4.78 is 5.53. The minimum atomic E-state index is 0.0474. The number of hydrogen-bond donors (Lipinski definition) is 1. The molecule has 5 heteroatoms. The molecule has 2 amide bonds. The smallest absolute Gasteiger partial charge is 0.223 e. The third-order valence-electron chi connectivity index (χ3n) is 3.52. The summed E-state index contributed by atoms with van der Waals surface area (Å²) in [7, 11) is 0. The average molecular weight is 254 g/mol. The van der Waals surface area contributed by atoms with Crippen molar-refractivity contribution >= 4 is 11.8 Å². The van der Waals surface area contributed by atoms with Crippen molar-refractivity contribution in [2.75, 3.05) is 26.2 Å². The first kappa shape index (κ1) is 13.3. The van der Waals surface area contributed by atoms with Crippen molar-refractivity contribution in [1.82, 2.24) is 10.2 Å². The fourth-order valence-electron chi connectivity index (χ4n) is 2.22. The van der Waals surface area contributed by atoms with Gasteiger partial charge in [-0.25, -0.2) is 0 Å². The quantitative estimate of drug-likeness (QED) is 0.752. The summed E-state index contributed by atoms with van der Waals surface area (Å²) in [5.41, 5.74) is 0. The largest absolute Gasteiger partial charge is 0.376 e. The van der Waals surface area contributed by atoms with Crippen molar-refractivity contribution in [3.63, 3.8) is 0 Å². The Labute approximate surface area is 108 Å². The number of ether oxygens (including phenoxy) is 1. The molecule has 2 aliphatic rings. The van der Waals surface area contributed by atoms with E-state index in [4.69, 9.17) is 4.74 Å². The number of hydrogen-bond acceptors (Lipinski definition) is 3. The second-order valence-corrected chi connectivity index (χ2v) is 5.17. The first-order chi connectivity index (χ1) is 8.66. The Morgan fingerprint density at radius 3 is 2.67 bits per heavy atom. The summed E-state index contributed by atoms with van der Waals surface area (Å²) in [5, 5.41) is 2.88. The first-order valence-corrected chi connectivity index (χ1v) is 6.81. The summed E-state index contributed by atoms with van der Waals surface area (Å²) in [6.07, 6.45) is 4.30. The van der Waals surface area contributed by atoms with Crippen LogP contribution in [0.2, 0.25) is 0 Å². The van der Waals surface area contributed by atoms with Crippen LogP contribution in [0.25, 0.3) is 0 Å². The Hall–Kier alpha value is -1.10. The third-order valence-corrected chi connectivity index (χ3v) is 3.52. The molecule has 1 saturated carbocycles. The molecule has 2 fully saturated rings. The standard InChI is InChI=1S/C13H22N2O3/c1-10(16)15(9-12-3-2-8-18-12)7-6-14-13(17)11-4-5-11/h11-12H,2-9H2,1H3,(H,14,17). The molecule has 0 aromatic heterocycles. The van der Waals surface area contributed by atoms with Gasteiger partial charge in [-0.1, -0.05) is 0 Å². The normalized spacial score (nSPS) is 22.8. The lowest BCUT2D eigenvalue weighted by molar-refractivity contribution is -0.131. The van der Waals surface area contributed by atoms with E-state index in [0.717, 1.165) is 32.3 Å². The Morgan fingerprint density at radius 1 is 1.33 bits per heavy atom. The number of carbonyl (C=O) groups is 2. The fraction of sp³-hybridized carbons (Fsp3) is 0.846. The number of carbonyl (C=O) groups excluding carboxylic acids is 2. The minimum Gasteiger partial charge on any atom is -0.376 e. The van der Waals surface area contributed by atoms with Gasteiger partial charge in [0.15, 0.2) is 0 Å². The van der Waals surface area contributed by atoms with Gasteiger partial charge in [-0.15, -0.1) is 0 Å².